The summed E-state index contributed by atoms with van der Waals surface area (Å²) in [7, 11) is -5.34. The average molecular weight is 565 g/mol. The molecule has 0 heterocycles. The first kappa shape index (κ1) is 30.6. The zero-order valence-electron chi connectivity index (χ0n) is 15.6. The molecule has 2 unspecified atom stereocenters. The van der Waals surface area contributed by atoms with Crippen LogP contribution < -0.4 is 4.74 Å². The van der Waals surface area contributed by atoms with Crippen molar-refractivity contribution in [2.45, 2.75) is 46.5 Å². The Hall–Kier alpha value is -2.39. The molecule has 0 radical (unpaired) electrons. The highest BCUT2D eigenvalue weighted by atomic mass is 32.2. The van der Waals surface area contributed by atoms with Crippen molar-refractivity contribution in [1.29, 1.82) is 0 Å². The van der Waals surface area contributed by atoms with E-state index in [0.717, 1.165) is 0 Å². The Labute approximate surface area is 183 Å². The molecule has 0 aromatic heterocycles. The fourth-order valence-electron chi connectivity index (χ4n) is 2.54. The van der Waals surface area contributed by atoms with E-state index in [1.807, 2.05) is 0 Å². The number of hydrogen-bond donors (Lipinski definition) is 2. The first-order valence-electron chi connectivity index (χ1n) is 7.79. The topological polar surface area (TPSA) is 124 Å². The van der Waals surface area contributed by atoms with Crippen molar-refractivity contribution in [2.75, 3.05) is 0 Å². The molecule has 0 bridgehead atoms. The van der Waals surface area contributed by atoms with Gasteiger partial charge in [0.1, 0.15) is 15.9 Å². The SMILES string of the molecule is O=C(Oc1ccc(S(=O)(=O)[O-])cc1)C(O)(C(F)(C(O)(F)F)C(F)(F)F)C(F)(C(F)(F)F)C(F)(F)F. The van der Waals surface area contributed by atoms with Gasteiger partial charge in [0.15, 0.2) is 0 Å². The molecule has 0 saturated carbocycles. The maximum Gasteiger partial charge on any atom is 0.435 e. The molecule has 2 atom stereocenters. The molecule has 0 aliphatic carbocycles. The number of rotatable bonds is 6. The van der Waals surface area contributed by atoms with Crippen molar-refractivity contribution in [2.24, 2.45) is 0 Å². The first-order valence-corrected chi connectivity index (χ1v) is 9.20. The van der Waals surface area contributed by atoms with Gasteiger partial charge < -0.3 is 19.5 Å². The van der Waals surface area contributed by atoms with Crippen LogP contribution in [-0.2, 0) is 14.9 Å². The monoisotopic (exact) mass is 565 g/mol. The van der Waals surface area contributed by atoms with Crippen molar-refractivity contribution >= 4 is 16.1 Å². The molecule has 7 nitrogen and oxygen atoms in total. The fourth-order valence-corrected chi connectivity index (χ4v) is 3.01. The minimum atomic E-state index is -8.24. The smallest absolute Gasteiger partial charge is 0.435 e. The Bertz CT molecular complexity index is 986. The van der Waals surface area contributed by atoms with Crippen molar-refractivity contribution in [1.82, 2.24) is 0 Å². The summed E-state index contributed by atoms with van der Waals surface area (Å²) in [6, 6.07) is -0.0514. The minimum absolute atomic E-state index is 0.0489. The Morgan fingerprint density at radius 2 is 1.06 bits per heavy atom. The number of esters is 1. The lowest BCUT2D eigenvalue weighted by Crippen LogP contribution is -2.84. The highest BCUT2D eigenvalue weighted by Gasteiger charge is 2.97. The number of hydrogen-bond acceptors (Lipinski definition) is 7. The quantitative estimate of drug-likeness (QED) is 0.235. The van der Waals surface area contributed by atoms with Gasteiger partial charge in [-0.25, -0.2) is 22.0 Å². The van der Waals surface area contributed by atoms with Gasteiger partial charge in [-0.3, -0.25) is 0 Å². The van der Waals surface area contributed by atoms with Gasteiger partial charge in [-0.2, -0.15) is 48.3 Å². The normalized spacial score (nSPS) is 17.9. The highest BCUT2D eigenvalue weighted by Crippen LogP contribution is 2.62. The van der Waals surface area contributed by atoms with E-state index in [1.165, 1.54) is 0 Å². The van der Waals surface area contributed by atoms with E-state index < -0.39 is 68.3 Å². The molecule has 0 spiro atoms. The van der Waals surface area contributed by atoms with E-state index in [9.17, 15) is 79.9 Å². The van der Waals surface area contributed by atoms with Gasteiger partial charge in [-0.05, 0) is 24.3 Å². The average Bonchev–Trinajstić information content (AvgIpc) is 2.61. The Morgan fingerprint density at radius 3 is 1.31 bits per heavy atom. The van der Waals surface area contributed by atoms with Crippen LogP contribution >= 0.6 is 0 Å². The molecule has 0 aliphatic heterocycles. The minimum Gasteiger partial charge on any atom is -0.744 e. The maximum absolute atomic E-state index is 14.5. The van der Waals surface area contributed by atoms with Crippen LogP contribution in [0.4, 0.5) is 57.1 Å². The van der Waals surface area contributed by atoms with Crippen LogP contribution in [0, 0.1) is 0 Å². The Kier molecular flexibility index (Phi) is 7.30. The van der Waals surface area contributed by atoms with Crippen molar-refractivity contribution in [3.05, 3.63) is 24.3 Å². The molecular formula is C14H6F13O7S-. The van der Waals surface area contributed by atoms with E-state index in [4.69, 9.17) is 5.11 Å². The lowest BCUT2D eigenvalue weighted by Gasteiger charge is -2.48. The lowest BCUT2D eigenvalue weighted by molar-refractivity contribution is -0.457. The van der Waals surface area contributed by atoms with Crippen LogP contribution in [0.25, 0.3) is 0 Å². The first-order chi connectivity index (χ1) is 15.1. The van der Waals surface area contributed by atoms with Gasteiger partial charge in [-0.1, -0.05) is 0 Å². The third kappa shape index (κ3) is 4.60. The molecule has 0 amide bonds. The summed E-state index contributed by atoms with van der Waals surface area (Å²) >= 11 is 0. The fraction of sp³-hybridized carbons (Fsp3) is 0.500. The number of aliphatic hydroxyl groups is 2. The highest BCUT2D eigenvalue weighted by molar-refractivity contribution is 7.85. The van der Waals surface area contributed by atoms with Crippen LogP contribution in [0.1, 0.15) is 0 Å². The van der Waals surface area contributed by atoms with Crippen LogP contribution in [0.15, 0.2) is 29.2 Å². The summed E-state index contributed by atoms with van der Waals surface area (Å²) in [5.41, 5.74) is -24.0. The van der Waals surface area contributed by atoms with E-state index in [2.05, 4.69) is 4.74 Å². The zero-order valence-corrected chi connectivity index (χ0v) is 16.4. The molecule has 2 N–H and O–H groups in total. The van der Waals surface area contributed by atoms with Crippen LogP contribution in [-0.4, -0.2) is 70.7 Å². The van der Waals surface area contributed by atoms with Crippen molar-refractivity contribution in [3.63, 3.8) is 0 Å². The second kappa shape index (κ2) is 8.34. The van der Waals surface area contributed by atoms with Crippen molar-refractivity contribution < 1.29 is 89.8 Å². The van der Waals surface area contributed by atoms with Gasteiger partial charge in [0.2, 0.25) is 0 Å². The third-order valence-electron chi connectivity index (χ3n) is 4.20. The number of carbonyl (C=O) groups is 1. The molecule has 1 aromatic carbocycles. The number of halogens is 13. The van der Waals surface area contributed by atoms with Gasteiger partial charge >= 0.3 is 41.9 Å². The zero-order chi connectivity index (χ0) is 28.3. The summed E-state index contributed by atoms with van der Waals surface area (Å²) in [5.74, 6) is -6.07. The molecule has 0 fully saturated rings. The molecule has 0 aliphatic rings. The predicted octanol–water partition coefficient (Wildman–Crippen LogP) is 2.92. The van der Waals surface area contributed by atoms with Gasteiger partial charge in [-0.15, -0.1) is 0 Å². The third-order valence-corrected chi connectivity index (χ3v) is 5.05. The summed E-state index contributed by atoms with van der Waals surface area (Å²) in [6.45, 7) is 0. The molecule has 1 rings (SSSR count). The van der Waals surface area contributed by atoms with Gasteiger partial charge in [0.25, 0.3) is 5.60 Å². The Morgan fingerprint density at radius 1 is 0.714 bits per heavy atom. The predicted molar refractivity (Wildman–Crippen MR) is 78.0 cm³/mol. The van der Waals surface area contributed by atoms with Crippen LogP contribution in [0.2, 0.25) is 0 Å². The number of ether oxygens (including phenoxy) is 1. The summed E-state index contributed by atoms with van der Waals surface area (Å²) in [5, 5.41) is 17.8. The van der Waals surface area contributed by atoms with Crippen LogP contribution in [0.3, 0.4) is 0 Å². The summed E-state index contributed by atoms with van der Waals surface area (Å²) in [6.07, 6.45) is -31.6. The summed E-state index contributed by atoms with van der Waals surface area (Å²) in [4.78, 5) is 10.7. The second-order valence-corrected chi connectivity index (χ2v) is 7.76. The van der Waals surface area contributed by atoms with Gasteiger partial charge in [0.05, 0.1) is 4.90 Å². The maximum atomic E-state index is 14.5. The van der Waals surface area contributed by atoms with E-state index in [1.54, 1.807) is 0 Å². The second-order valence-electron chi connectivity index (χ2n) is 6.38. The van der Waals surface area contributed by atoms with Crippen molar-refractivity contribution in [3.8, 4) is 5.75 Å². The van der Waals surface area contributed by atoms with Gasteiger partial charge in [0, 0.05) is 0 Å². The molecule has 35 heavy (non-hydrogen) atoms. The molecule has 0 saturated heterocycles. The molecular weight excluding hydrogens is 559 g/mol. The standard InChI is InChI=1S/C14H7F13O7S/c15-9(11(17,18)19,12(20,21)22)8(29,10(16,13(23,24)25)14(26,27)30)7(28)34-5-1-3-6(4-2-5)35(31,32)33/h1-4,29-30H,(H,31,32,33)/p-1. The largest absolute Gasteiger partial charge is 0.744 e. The van der Waals surface area contributed by atoms with E-state index >= 15 is 0 Å². The molecule has 21 heteroatoms. The Balaban J connectivity index is 4.07. The molecule has 202 valence electrons. The lowest BCUT2D eigenvalue weighted by atomic mass is 9.70. The van der Waals surface area contributed by atoms with E-state index in [-0.39, 0.29) is 24.3 Å². The van der Waals surface area contributed by atoms with Crippen LogP contribution in [0.5, 0.6) is 5.75 Å². The number of carbonyl (C=O) groups excluding carboxylic acids is 1. The number of benzene rings is 1. The number of alkyl halides is 13. The molecule has 1 aromatic rings. The summed E-state index contributed by atoms with van der Waals surface area (Å²) < 4.78 is 209. The van der Waals surface area contributed by atoms with E-state index in [0.29, 0.717) is 0 Å².